The molecular formula is C19H11F2N3OS. The number of carbonyl (C=O) groups excluding carboxylic acids is 1. The van der Waals surface area contributed by atoms with Gasteiger partial charge >= 0.3 is 0 Å². The van der Waals surface area contributed by atoms with E-state index in [9.17, 15) is 13.6 Å². The molecule has 0 saturated heterocycles. The molecule has 7 heteroatoms. The normalized spacial score (nSPS) is 10.8. The molecule has 1 amide bonds. The zero-order valence-electron chi connectivity index (χ0n) is 13.2. The fraction of sp³-hybridized carbons (Fsp3) is 0. The fourth-order valence-electron chi connectivity index (χ4n) is 2.45. The van der Waals surface area contributed by atoms with E-state index in [0.717, 1.165) is 32.9 Å². The Labute approximate surface area is 151 Å². The molecule has 2 aromatic heterocycles. The van der Waals surface area contributed by atoms with Gasteiger partial charge in [-0.05, 0) is 36.4 Å². The molecule has 0 bridgehead atoms. The van der Waals surface area contributed by atoms with E-state index in [-0.39, 0.29) is 11.4 Å². The molecule has 0 atom stereocenters. The summed E-state index contributed by atoms with van der Waals surface area (Å²) in [6.07, 6.45) is 1.59. The van der Waals surface area contributed by atoms with Crippen LogP contribution < -0.4 is 5.32 Å². The van der Waals surface area contributed by atoms with Crippen LogP contribution in [0.15, 0.2) is 60.8 Å². The van der Waals surface area contributed by atoms with Crippen LogP contribution in [0.2, 0.25) is 0 Å². The van der Waals surface area contributed by atoms with E-state index >= 15 is 0 Å². The van der Waals surface area contributed by atoms with Gasteiger partial charge in [-0.3, -0.25) is 4.79 Å². The number of rotatable bonds is 3. The van der Waals surface area contributed by atoms with E-state index in [1.807, 2.05) is 24.3 Å². The third kappa shape index (κ3) is 3.16. The fourth-order valence-corrected chi connectivity index (χ4v) is 3.40. The lowest BCUT2D eigenvalue weighted by Gasteiger charge is -2.06. The van der Waals surface area contributed by atoms with Crippen molar-refractivity contribution in [1.29, 1.82) is 0 Å². The van der Waals surface area contributed by atoms with Crippen LogP contribution in [0.3, 0.4) is 0 Å². The molecule has 4 aromatic rings. The molecule has 0 radical (unpaired) electrons. The number of thiazole rings is 1. The van der Waals surface area contributed by atoms with Gasteiger partial charge in [-0.1, -0.05) is 12.1 Å². The zero-order valence-corrected chi connectivity index (χ0v) is 14.1. The molecule has 0 aliphatic rings. The Balaban J connectivity index is 1.55. The molecule has 4 rings (SSSR count). The molecule has 2 aromatic carbocycles. The molecule has 26 heavy (non-hydrogen) atoms. The Hall–Kier alpha value is -3.19. The number of benzene rings is 2. The zero-order chi connectivity index (χ0) is 18.1. The molecule has 128 valence electrons. The van der Waals surface area contributed by atoms with Crippen LogP contribution >= 0.6 is 11.3 Å². The van der Waals surface area contributed by atoms with Crippen LogP contribution in [0.25, 0.3) is 20.8 Å². The minimum atomic E-state index is -0.923. The second-order valence-electron chi connectivity index (χ2n) is 5.50. The number of fused-ring (bicyclic) bond motifs is 1. The van der Waals surface area contributed by atoms with Crippen LogP contribution in [-0.2, 0) is 0 Å². The maximum Gasteiger partial charge on any atom is 0.259 e. The SMILES string of the molecule is O=C(Nc1ccc(-c2nc3ccccc3s2)cn1)c1ccc(F)cc1F. The number of amides is 1. The molecular weight excluding hydrogens is 356 g/mol. The number of nitrogens with one attached hydrogen (secondary N) is 1. The lowest BCUT2D eigenvalue weighted by molar-refractivity contribution is 0.102. The molecule has 4 nitrogen and oxygen atoms in total. The van der Waals surface area contributed by atoms with Gasteiger partial charge in [0.15, 0.2) is 0 Å². The molecule has 0 fully saturated rings. The van der Waals surface area contributed by atoms with Crippen molar-refractivity contribution in [3.63, 3.8) is 0 Å². The molecule has 0 unspecified atom stereocenters. The van der Waals surface area contributed by atoms with Gasteiger partial charge in [-0.2, -0.15) is 0 Å². The minimum Gasteiger partial charge on any atom is -0.306 e. The summed E-state index contributed by atoms with van der Waals surface area (Å²) in [5.41, 5.74) is 1.48. The first-order valence-corrected chi connectivity index (χ1v) is 8.50. The number of halogens is 2. The average molecular weight is 367 g/mol. The van der Waals surface area contributed by atoms with E-state index in [1.54, 1.807) is 29.7 Å². The summed E-state index contributed by atoms with van der Waals surface area (Å²) in [6, 6.07) is 14.0. The third-order valence-corrected chi connectivity index (χ3v) is 4.81. The van der Waals surface area contributed by atoms with E-state index < -0.39 is 17.5 Å². The number of hydrogen-bond acceptors (Lipinski definition) is 4. The van der Waals surface area contributed by atoms with Gasteiger partial charge in [0.2, 0.25) is 0 Å². The van der Waals surface area contributed by atoms with Crippen LogP contribution in [0, 0.1) is 11.6 Å². The summed E-state index contributed by atoms with van der Waals surface area (Å²) in [5, 5.41) is 3.31. The van der Waals surface area contributed by atoms with Gasteiger partial charge in [0, 0.05) is 17.8 Å². The number of carbonyl (C=O) groups is 1. The van der Waals surface area contributed by atoms with E-state index in [1.165, 1.54) is 0 Å². The highest BCUT2D eigenvalue weighted by Crippen LogP contribution is 2.29. The number of hydrogen-bond donors (Lipinski definition) is 1. The van der Waals surface area contributed by atoms with Crippen molar-refractivity contribution in [3.8, 4) is 10.6 Å². The molecule has 0 aliphatic carbocycles. The van der Waals surface area contributed by atoms with Gasteiger partial charge < -0.3 is 5.32 Å². The van der Waals surface area contributed by atoms with Crippen molar-refractivity contribution in [2.24, 2.45) is 0 Å². The Bertz CT molecular complexity index is 1080. The van der Waals surface area contributed by atoms with Crippen molar-refractivity contribution < 1.29 is 13.6 Å². The Morgan fingerprint density at radius 3 is 2.62 bits per heavy atom. The van der Waals surface area contributed by atoms with Gasteiger partial charge in [0.1, 0.15) is 22.5 Å². The van der Waals surface area contributed by atoms with Crippen LogP contribution in [-0.4, -0.2) is 15.9 Å². The van der Waals surface area contributed by atoms with Crippen LogP contribution in [0.5, 0.6) is 0 Å². The van der Waals surface area contributed by atoms with Crippen molar-refractivity contribution in [3.05, 3.63) is 78.0 Å². The lowest BCUT2D eigenvalue weighted by Crippen LogP contribution is -2.14. The number of pyridine rings is 1. The summed E-state index contributed by atoms with van der Waals surface area (Å²) in [7, 11) is 0. The standard InChI is InChI=1S/C19H11F2N3OS/c20-12-6-7-13(14(21)9-12)18(25)24-17-8-5-11(10-22-17)19-23-15-3-1-2-4-16(15)26-19/h1-10H,(H,22,24,25). The molecule has 0 aliphatic heterocycles. The molecule has 2 heterocycles. The Morgan fingerprint density at radius 2 is 1.88 bits per heavy atom. The van der Waals surface area contributed by atoms with E-state index in [2.05, 4.69) is 15.3 Å². The molecule has 1 N–H and O–H groups in total. The molecule has 0 saturated carbocycles. The highest BCUT2D eigenvalue weighted by Gasteiger charge is 2.13. The number of anilines is 1. The quantitative estimate of drug-likeness (QED) is 0.561. The third-order valence-electron chi connectivity index (χ3n) is 3.72. The van der Waals surface area contributed by atoms with Crippen LogP contribution in [0.4, 0.5) is 14.6 Å². The predicted octanol–water partition coefficient (Wildman–Crippen LogP) is 4.89. The van der Waals surface area contributed by atoms with Gasteiger partial charge in [-0.25, -0.2) is 18.7 Å². The lowest BCUT2D eigenvalue weighted by atomic mass is 10.2. The van der Waals surface area contributed by atoms with Crippen LogP contribution in [0.1, 0.15) is 10.4 Å². The van der Waals surface area contributed by atoms with E-state index in [0.29, 0.717) is 6.07 Å². The highest BCUT2D eigenvalue weighted by molar-refractivity contribution is 7.21. The number of aromatic nitrogens is 2. The smallest absolute Gasteiger partial charge is 0.259 e. The number of para-hydroxylation sites is 1. The largest absolute Gasteiger partial charge is 0.306 e. The van der Waals surface area contributed by atoms with E-state index in [4.69, 9.17) is 0 Å². The van der Waals surface area contributed by atoms with Crippen molar-refractivity contribution in [2.75, 3.05) is 5.32 Å². The second-order valence-corrected chi connectivity index (χ2v) is 6.53. The number of nitrogens with zero attached hydrogens (tertiary/aromatic N) is 2. The minimum absolute atomic E-state index is 0.247. The summed E-state index contributed by atoms with van der Waals surface area (Å²) < 4.78 is 27.7. The Kier molecular flexibility index (Phi) is 4.14. The van der Waals surface area contributed by atoms with Crippen molar-refractivity contribution in [1.82, 2.24) is 9.97 Å². The first kappa shape index (κ1) is 16.3. The maximum atomic E-state index is 13.7. The highest BCUT2D eigenvalue weighted by atomic mass is 32.1. The first-order valence-electron chi connectivity index (χ1n) is 7.68. The second kappa shape index (κ2) is 6.61. The maximum absolute atomic E-state index is 13.7. The molecule has 0 spiro atoms. The average Bonchev–Trinajstić information content (AvgIpc) is 3.06. The summed E-state index contributed by atoms with van der Waals surface area (Å²) >= 11 is 1.55. The van der Waals surface area contributed by atoms with Crippen molar-refractivity contribution in [2.45, 2.75) is 0 Å². The van der Waals surface area contributed by atoms with Gasteiger partial charge in [-0.15, -0.1) is 11.3 Å². The van der Waals surface area contributed by atoms with Gasteiger partial charge in [0.05, 0.1) is 15.8 Å². The first-order chi connectivity index (χ1) is 12.6. The monoisotopic (exact) mass is 367 g/mol. The summed E-state index contributed by atoms with van der Waals surface area (Å²) in [4.78, 5) is 20.8. The summed E-state index contributed by atoms with van der Waals surface area (Å²) in [5.74, 6) is -2.09. The predicted molar refractivity (Wildman–Crippen MR) is 97.2 cm³/mol. The summed E-state index contributed by atoms with van der Waals surface area (Å²) in [6.45, 7) is 0. The van der Waals surface area contributed by atoms with Crippen molar-refractivity contribution >= 4 is 33.3 Å². The van der Waals surface area contributed by atoms with Gasteiger partial charge in [0.25, 0.3) is 5.91 Å². The Morgan fingerprint density at radius 1 is 1.04 bits per heavy atom. The topological polar surface area (TPSA) is 54.9 Å².